The predicted octanol–water partition coefficient (Wildman–Crippen LogP) is 1.88. The number of urea groups is 1. The van der Waals surface area contributed by atoms with Crippen LogP contribution in [0, 0.1) is 5.92 Å². The maximum absolute atomic E-state index is 12.3. The lowest BCUT2D eigenvalue weighted by Crippen LogP contribution is -2.38. The largest absolute Gasteiger partial charge is 0.334 e. The third-order valence-electron chi connectivity index (χ3n) is 3.67. The minimum absolute atomic E-state index is 0.0490. The zero-order valence-corrected chi connectivity index (χ0v) is 13.5. The summed E-state index contributed by atoms with van der Waals surface area (Å²) in [7, 11) is 0. The molecule has 6 heteroatoms. The molecule has 0 bridgehead atoms. The first kappa shape index (κ1) is 16.9. The van der Waals surface area contributed by atoms with Gasteiger partial charge >= 0.3 is 17.8 Å². The Labute approximate surface area is 135 Å². The van der Waals surface area contributed by atoms with E-state index in [9.17, 15) is 19.2 Å². The van der Waals surface area contributed by atoms with Crippen molar-refractivity contribution in [1.82, 2.24) is 9.80 Å². The Morgan fingerprint density at radius 1 is 1.00 bits per heavy atom. The second-order valence-electron chi connectivity index (χ2n) is 5.96. The summed E-state index contributed by atoms with van der Waals surface area (Å²) in [5, 5.41) is 0. The molecule has 1 aliphatic heterocycles. The molecular weight excluding hydrogens is 296 g/mol. The van der Waals surface area contributed by atoms with E-state index >= 15 is 0 Å². The zero-order chi connectivity index (χ0) is 17.1. The van der Waals surface area contributed by atoms with Crippen molar-refractivity contribution in [3.05, 3.63) is 35.4 Å². The van der Waals surface area contributed by atoms with Crippen LogP contribution in [0.25, 0.3) is 0 Å². The first-order chi connectivity index (χ1) is 10.8. The second-order valence-corrected chi connectivity index (χ2v) is 5.96. The fraction of sp³-hybridized carbons (Fsp3) is 0.412. The Morgan fingerprint density at radius 3 is 2.09 bits per heavy atom. The second kappa shape index (κ2) is 6.73. The van der Waals surface area contributed by atoms with Crippen molar-refractivity contribution < 1.29 is 19.2 Å². The highest BCUT2D eigenvalue weighted by atomic mass is 16.2. The van der Waals surface area contributed by atoms with Crippen LogP contribution >= 0.6 is 0 Å². The summed E-state index contributed by atoms with van der Waals surface area (Å²) in [4.78, 5) is 49.9. The third-order valence-corrected chi connectivity index (χ3v) is 3.67. The van der Waals surface area contributed by atoms with Gasteiger partial charge in [0.1, 0.15) is 0 Å². The molecule has 0 atom stereocenters. The first-order valence-electron chi connectivity index (χ1n) is 7.64. The normalized spacial score (nSPS) is 15.0. The van der Waals surface area contributed by atoms with Crippen LogP contribution in [0.4, 0.5) is 4.79 Å². The van der Waals surface area contributed by atoms with Crippen molar-refractivity contribution in [3.63, 3.8) is 0 Å². The van der Waals surface area contributed by atoms with Crippen LogP contribution in [-0.4, -0.2) is 46.5 Å². The van der Waals surface area contributed by atoms with Gasteiger partial charge in [0.2, 0.25) is 0 Å². The number of hydrogen-bond donors (Lipinski definition) is 0. The molecule has 1 heterocycles. The van der Waals surface area contributed by atoms with Gasteiger partial charge in [-0.05, 0) is 17.9 Å². The van der Waals surface area contributed by atoms with Crippen LogP contribution in [-0.2, 0) is 16.0 Å². The quantitative estimate of drug-likeness (QED) is 0.456. The van der Waals surface area contributed by atoms with Crippen molar-refractivity contribution in [2.24, 2.45) is 5.92 Å². The molecule has 1 aliphatic rings. The van der Waals surface area contributed by atoms with Crippen LogP contribution < -0.4 is 0 Å². The molecule has 0 unspecified atom stereocenters. The Bertz CT molecular complexity index is 649. The van der Waals surface area contributed by atoms with E-state index in [0.29, 0.717) is 5.56 Å². The molecule has 4 amide bonds. The average molecular weight is 316 g/mol. The van der Waals surface area contributed by atoms with E-state index in [1.807, 2.05) is 32.9 Å². The highest BCUT2D eigenvalue weighted by molar-refractivity contribution is 6.45. The number of aryl methyl sites for hydroxylation is 1. The van der Waals surface area contributed by atoms with Gasteiger partial charge in [0, 0.05) is 12.1 Å². The third kappa shape index (κ3) is 3.47. The molecule has 0 saturated carbocycles. The van der Waals surface area contributed by atoms with E-state index in [0.717, 1.165) is 21.8 Å². The van der Waals surface area contributed by atoms with E-state index < -0.39 is 24.4 Å². The molecule has 0 radical (unpaired) electrons. The smallest absolute Gasteiger partial charge is 0.292 e. The number of hydrogen-bond acceptors (Lipinski definition) is 4. The van der Waals surface area contributed by atoms with Gasteiger partial charge in [0.25, 0.3) is 0 Å². The fourth-order valence-corrected chi connectivity index (χ4v) is 2.38. The van der Waals surface area contributed by atoms with Gasteiger partial charge in [-0.3, -0.25) is 19.3 Å². The molecule has 1 saturated heterocycles. The number of ketones is 1. The van der Waals surface area contributed by atoms with Crippen LogP contribution in [0.2, 0.25) is 0 Å². The maximum Gasteiger partial charge on any atom is 0.334 e. The highest BCUT2D eigenvalue weighted by Gasteiger charge is 2.45. The SMILES string of the molecule is CCc1ccc(C(=O)CN2C(=O)C(=O)N(CC(C)C)C2=O)cc1. The molecule has 1 fully saturated rings. The molecule has 0 spiro atoms. The van der Waals surface area contributed by atoms with Gasteiger partial charge in [0.05, 0.1) is 6.54 Å². The topological polar surface area (TPSA) is 74.8 Å². The summed E-state index contributed by atoms with van der Waals surface area (Å²) >= 11 is 0. The van der Waals surface area contributed by atoms with Gasteiger partial charge in [0.15, 0.2) is 5.78 Å². The van der Waals surface area contributed by atoms with Gasteiger partial charge in [-0.25, -0.2) is 9.69 Å². The van der Waals surface area contributed by atoms with Crippen LogP contribution in [0.3, 0.4) is 0 Å². The minimum Gasteiger partial charge on any atom is -0.292 e. The fourth-order valence-electron chi connectivity index (χ4n) is 2.38. The molecule has 0 aliphatic carbocycles. The molecule has 1 aromatic rings. The van der Waals surface area contributed by atoms with Crippen LogP contribution in [0.5, 0.6) is 0 Å². The van der Waals surface area contributed by atoms with Crippen molar-refractivity contribution in [2.75, 3.05) is 13.1 Å². The lowest BCUT2D eigenvalue weighted by molar-refractivity contribution is -0.143. The number of carbonyl (C=O) groups is 4. The van der Waals surface area contributed by atoms with Gasteiger partial charge in [-0.1, -0.05) is 45.0 Å². The number of Topliss-reactive ketones (excluding diaryl/α,β-unsaturated/α-hetero) is 1. The molecular formula is C17H20N2O4. The Morgan fingerprint density at radius 2 is 1.57 bits per heavy atom. The number of nitrogens with zero attached hydrogens (tertiary/aromatic N) is 2. The number of rotatable bonds is 6. The monoisotopic (exact) mass is 316 g/mol. The minimum atomic E-state index is -0.936. The van der Waals surface area contributed by atoms with E-state index in [2.05, 4.69) is 0 Å². The molecule has 0 N–H and O–H groups in total. The zero-order valence-electron chi connectivity index (χ0n) is 13.5. The van der Waals surface area contributed by atoms with E-state index in [-0.39, 0.29) is 18.2 Å². The van der Waals surface area contributed by atoms with Crippen molar-refractivity contribution >= 4 is 23.6 Å². The summed E-state index contributed by atoms with van der Waals surface area (Å²) in [6.07, 6.45) is 0.857. The number of carbonyl (C=O) groups excluding carboxylic acids is 4. The van der Waals surface area contributed by atoms with Crippen LogP contribution in [0.15, 0.2) is 24.3 Å². The number of benzene rings is 1. The van der Waals surface area contributed by atoms with Crippen molar-refractivity contribution in [1.29, 1.82) is 0 Å². The highest BCUT2D eigenvalue weighted by Crippen LogP contribution is 2.15. The molecule has 0 aromatic heterocycles. The van der Waals surface area contributed by atoms with Crippen molar-refractivity contribution in [3.8, 4) is 0 Å². The average Bonchev–Trinajstić information content (AvgIpc) is 2.72. The summed E-state index contributed by atoms with van der Waals surface area (Å²) in [5.74, 6) is -2.12. The molecule has 1 aromatic carbocycles. The lowest BCUT2D eigenvalue weighted by atomic mass is 10.1. The Balaban J connectivity index is 2.12. The Hall–Kier alpha value is -2.50. The lowest BCUT2D eigenvalue weighted by Gasteiger charge is -2.16. The molecule has 122 valence electrons. The van der Waals surface area contributed by atoms with E-state index in [1.54, 1.807) is 12.1 Å². The predicted molar refractivity (Wildman–Crippen MR) is 83.8 cm³/mol. The number of amides is 4. The summed E-state index contributed by atoms with van der Waals surface area (Å²) < 4.78 is 0. The molecule has 2 rings (SSSR count). The van der Waals surface area contributed by atoms with Gasteiger partial charge < -0.3 is 0 Å². The molecule has 23 heavy (non-hydrogen) atoms. The van der Waals surface area contributed by atoms with Gasteiger partial charge in [-0.2, -0.15) is 0 Å². The van der Waals surface area contributed by atoms with Crippen molar-refractivity contribution in [2.45, 2.75) is 27.2 Å². The first-order valence-corrected chi connectivity index (χ1v) is 7.64. The van der Waals surface area contributed by atoms with E-state index in [4.69, 9.17) is 0 Å². The maximum atomic E-state index is 12.3. The summed E-state index contributed by atoms with van der Waals surface area (Å²) in [5.41, 5.74) is 1.51. The van der Waals surface area contributed by atoms with E-state index in [1.165, 1.54) is 0 Å². The number of imide groups is 2. The Kier molecular flexibility index (Phi) is 4.93. The summed E-state index contributed by atoms with van der Waals surface area (Å²) in [6, 6.07) is 6.28. The van der Waals surface area contributed by atoms with Crippen LogP contribution in [0.1, 0.15) is 36.7 Å². The summed E-state index contributed by atoms with van der Waals surface area (Å²) in [6.45, 7) is 5.44. The standard InChI is InChI=1S/C17H20N2O4/c1-4-12-5-7-13(8-6-12)14(20)10-19-16(22)15(21)18(17(19)23)9-11(2)3/h5-8,11H,4,9-10H2,1-3H3. The van der Waals surface area contributed by atoms with Gasteiger partial charge in [-0.15, -0.1) is 0 Å². The molecule has 6 nitrogen and oxygen atoms in total.